The first kappa shape index (κ1) is 26.3. The standard InChI is InChI=1S/C26H42N4O5/c1-33-24-5-3-22(4-6-24)17-26(32)30-8-2-7-27(9-10-30)20-25-21-29(13-16-35-25)19-23(31)18-28-11-14-34-15-12-28/h3-6,23,25,31H,2,7-21H2,1H3. The van der Waals surface area contributed by atoms with Crippen molar-refractivity contribution in [3.63, 3.8) is 0 Å². The van der Waals surface area contributed by atoms with Crippen LogP contribution in [0, 0.1) is 0 Å². The van der Waals surface area contributed by atoms with Crippen LogP contribution in [0.1, 0.15) is 12.0 Å². The molecular weight excluding hydrogens is 448 g/mol. The number of rotatable bonds is 9. The Hall–Kier alpha value is -1.75. The molecule has 1 amide bonds. The fourth-order valence-corrected chi connectivity index (χ4v) is 5.21. The van der Waals surface area contributed by atoms with E-state index < -0.39 is 0 Å². The molecule has 1 aromatic carbocycles. The predicted octanol–water partition coefficient (Wildman–Crippen LogP) is 0.166. The van der Waals surface area contributed by atoms with Crippen molar-refractivity contribution < 1.29 is 24.1 Å². The fraction of sp³-hybridized carbons (Fsp3) is 0.731. The number of morpholine rings is 2. The number of nitrogens with zero attached hydrogens (tertiary/aromatic N) is 4. The third-order valence-corrected chi connectivity index (χ3v) is 7.18. The molecule has 3 saturated heterocycles. The van der Waals surface area contributed by atoms with E-state index >= 15 is 0 Å². The summed E-state index contributed by atoms with van der Waals surface area (Å²) >= 11 is 0. The summed E-state index contributed by atoms with van der Waals surface area (Å²) in [4.78, 5) is 21.9. The molecule has 0 bridgehead atoms. The maximum absolute atomic E-state index is 12.9. The van der Waals surface area contributed by atoms with E-state index in [0.29, 0.717) is 26.1 Å². The summed E-state index contributed by atoms with van der Waals surface area (Å²) < 4.78 is 16.7. The van der Waals surface area contributed by atoms with Gasteiger partial charge >= 0.3 is 0 Å². The van der Waals surface area contributed by atoms with Crippen LogP contribution >= 0.6 is 0 Å². The second-order valence-electron chi connectivity index (χ2n) is 9.88. The lowest BCUT2D eigenvalue weighted by Crippen LogP contribution is -2.51. The average Bonchev–Trinajstić information content (AvgIpc) is 3.11. The Morgan fingerprint density at radius 3 is 2.49 bits per heavy atom. The molecule has 35 heavy (non-hydrogen) atoms. The van der Waals surface area contributed by atoms with Gasteiger partial charge in [-0.1, -0.05) is 12.1 Å². The smallest absolute Gasteiger partial charge is 0.227 e. The molecule has 0 aliphatic carbocycles. The Labute approximate surface area is 209 Å². The zero-order valence-corrected chi connectivity index (χ0v) is 21.1. The van der Waals surface area contributed by atoms with Crippen molar-refractivity contribution in [2.75, 3.05) is 98.9 Å². The first-order chi connectivity index (χ1) is 17.1. The monoisotopic (exact) mass is 490 g/mol. The maximum Gasteiger partial charge on any atom is 0.227 e. The number of ether oxygens (including phenoxy) is 3. The summed E-state index contributed by atoms with van der Waals surface area (Å²) in [7, 11) is 1.65. The molecule has 9 nitrogen and oxygen atoms in total. The normalized spacial score (nSPS) is 24.2. The van der Waals surface area contributed by atoms with Gasteiger partial charge in [0, 0.05) is 65.4 Å². The number of hydrogen-bond donors (Lipinski definition) is 1. The number of benzene rings is 1. The summed E-state index contributed by atoms with van der Waals surface area (Å²) in [5.41, 5.74) is 1.02. The highest BCUT2D eigenvalue weighted by atomic mass is 16.5. The molecule has 4 rings (SSSR count). The van der Waals surface area contributed by atoms with E-state index in [0.717, 1.165) is 89.9 Å². The Morgan fingerprint density at radius 2 is 1.71 bits per heavy atom. The Morgan fingerprint density at radius 1 is 0.971 bits per heavy atom. The SMILES string of the molecule is COc1ccc(CC(=O)N2CCCN(CC3CN(CC(O)CN4CCOCC4)CCO3)CC2)cc1. The lowest BCUT2D eigenvalue weighted by molar-refractivity contribution is -0.130. The average molecular weight is 491 g/mol. The summed E-state index contributed by atoms with van der Waals surface area (Å²) in [6, 6.07) is 7.74. The largest absolute Gasteiger partial charge is 0.497 e. The summed E-state index contributed by atoms with van der Waals surface area (Å²) in [5, 5.41) is 10.6. The number of aliphatic hydroxyl groups excluding tert-OH is 1. The van der Waals surface area contributed by atoms with Crippen LogP contribution in [0.2, 0.25) is 0 Å². The number of amides is 1. The van der Waals surface area contributed by atoms with E-state index in [-0.39, 0.29) is 18.1 Å². The van der Waals surface area contributed by atoms with Crippen molar-refractivity contribution in [2.24, 2.45) is 0 Å². The van der Waals surface area contributed by atoms with Crippen molar-refractivity contribution >= 4 is 5.91 Å². The van der Waals surface area contributed by atoms with Crippen molar-refractivity contribution in [3.8, 4) is 5.75 Å². The van der Waals surface area contributed by atoms with E-state index in [4.69, 9.17) is 14.2 Å². The molecule has 9 heteroatoms. The lowest BCUT2D eigenvalue weighted by atomic mass is 10.1. The van der Waals surface area contributed by atoms with Crippen LogP contribution < -0.4 is 4.74 Å². The van der Waals surface area contributed by atoms with E-state index in [9.17, 15) is 9.90 Å². The van der Waals surface area contributed by atoms with Crippen molar-refractivity contribution in [1.82, 2.24) is 19.6 Å². The third-order valence-electron chi connectivity index (χ3n) is 7.18. The van der Waals surface area contributed by atoms with Gasteiger partial charge in [0.1, 0.15) is 5.75 Å². The third kappa shape index (κ3) is 8.41. The first-order valence-corrected chi connectivity index (χ1v) is 13.0. The van der Waals surface area contributed by atoms with Gasteiger partial charge in [0.2, 0.25) is 5.91 Å². The van der Waals surface area contributed by atoms with E-state index in [1.54, 1.807) is 7.11 Å². The molecule has 3 heterocycles. The first-order valence-electron chi connectivity index (χ1n) is 13.0. The van der Waals surface area contributed by atoms with Crippen LogP contribution in [0.5, 0.6) is 5.75 Å². The second kappa shape index (κ2) is 13.5. The molecule has 0 spiro atoms. The van der Waals surface area contributed by atoms with Crippen molar-refractivity contribution in [1.29, 1.82) is 0 Å². The maximum atomic E-state index is 12.9. The van der Waals surface area contributed by atoms with Gasteiger partial charge in [0.25, 0.3) is 0 Å². The highest BCUT2D eigenvalue weighted by molar-refractivity contribution is 5.78. The molecule has 2 atom stereocenters. The van der Waals surface area contributed by atoms with Crippen molar-refractivity contribution in [2.45, 2.75) is 25.0 Å². The Balaban J connectivity index is 1.18. The quantitative estimate of drug-likeness (QED) is 0.525. The molecule has 3 aliphatic heterocycles. The second-order valence-corrected chi connectivity index (χ2v) is 9.88. The van der Waals surface area contributed by atoms with Gasteiger partial charge in [-0.15, -0.1) is 0 Å². The zero-order chi connectivity index (χ0) is 24.5. The van der Waals surface area contributed by atoms with Crippen LogP contribution in [0.15, 0.2) is 24.3 Å². The van der Waals surface area contributed by atoms with Crippen LogP contribution in [0.3, 0.4) is 0 Å². The molecule has 3 fully saturated rings. The van der Waals surface area contributed by atoms with Crippen LogP contribution in [-0.4, -0.2) is 142 Å². The lowest BCUT2D eigenvalue weighted by Gasteiger charge is -2.37. The molecule has 0 aromatic heterocycles. The molecule has 0 saturated carbocycles. The fourth-order valence-electron chi connectivity index (χ4n) is 5.21. The van der Waals surface area contributed by atoms with Gasteiger partial charge in [-0.3, -0.25) is 19.5 Å². The highest BCUT2D eigenvalue weighted by Crippen LogP contribution is 2.14. The molecule has 196 valence electrons. The number of carbonyl (C=O) groups is 1. The van der Waals surface area contributed by atoms with E-state index in [2.05, 4.69) is 14.7 Å². The molecular formula is C26H42N4O5. The summed E-state index contributed by atoms with van der Waals surface area (Å²) in [5.74, 6) is 0.994. The van der Waals surface area contributed by atoms with Gasteiger partial charge in [-0.05, 0) is 30.7 Å². The predicted molar refractivity (Wildman–Crippen MR) is 134 cm³/mol. The number of β-amino-alcohol motifs (C(OH)–C–C–N with tert-alkyl or cyclic N) is 1. The van der Waals surface area contributed by atoms with Gasteiger partial charge in [-0.2, -0.15) is 0 Å². The minimum atomic E-state index is -0.352. The Kier molecular flexibility index (Phi) is 10.2. The minimum absolute atomic E-state index is 0.140. The van der Waals surface area contributed by atoms with Crippen molar-refractivity contribution in [3.05, 3.63) is 29.8 Å². The Bertz CT molecular complexity index is 774. The number of aliphatic hydroxyl groups is 1. The summed E-state index contributed by atoms with van der Waals surface area (Å²) in [6.07, 6.45) is 1.19. The van der Waals surface area contributed by atoms with Gasteiger partial charge < -0.3 is 24.2 Å². The number of hydrogen-bond acceptors (Lipinski definition) is 8. The van der Waals surface area contributed by atoms with Crippen LogP contribution in [0.25, 0.3) is 0 Å². The molecule has 3 aliphatic rings. The number of carbonyl (C=O) groups excluding carboxylic acids is 1. The molecule has 1 aromatic rings. The van der Waals surface area contributed by atoms with Crippen LogP contribution in [-0.2, 0) is 20.7 Å². The molecule has 1 N–H and O–H groups in total. The summed E-state index contributed by atoms with van der Waals surface area (Å²) in [6.45, 7) is 11.4. The zero-order valence-electron chi connectivity index (χ0n) is 21.1. The van der Waals surface area contributed by atoms with E-state index in [1.807, 2.05) is 29.2 Å². The number of methoxy groups -OCH3 is 1. The topological polar surface area (TPSA) is 78.0 Å². The van der Waals surface area contributed by atoms with Crippen LogP contribution in [0.4, 0.5) is 0 Å². The van der Waals surface area contributed by atoms with E-state index in [1.165, 1.54) is 0 Å². The molecule has 0 radical (unpaired) electrons. The molecule has 2 unspecified atom stereocenters. The van der Waals surface area contributed by atoms with Gasteiger partial charge in [0.15, 0.2) is 0 Å². The minimum Gasteiger partial charge on any atom is -0.497 e. The van der Waals surface area contributed by atoms with Gasteiger partial charge in [-0.25, -0.2) is 0 Å². The highest BCUT2D eigenvalue weighted by Gasteiger charge is 2.27. The van der Waals surface area contributed by atoms with Gasteiger partial charge in [0.05, 0.1) is 45.6 Å².